The summed E-state index contributed by atoms with van der Waals surface area (Å²) in [6.07, 6.45) is 1.02. The number of rotatable bonds is 5. The minimum Gasteiger partial charge on any atom is -0.330 e. The maximum atomic E-state index is 5.33. The van der Waals surface area contributed by atoms with E-state index in [1.807, 2.05) is 0 Å². The van der Waals surface area contributed by atoms with E-state index in [9.17, 15) is 0 Å². The molecule has 0 saturated carbocycles. The molecule has 3 nitrogen and oxygen atoms in total. The van der Waals surface area contributed by atoms with E-state index in [0.29, 0.717) is 6.04 Å². The van der Waals surface area contributed by atoms with Gasteiger partial charge >= 0.3 is 0 Å². The first-order valence-electron chi connectivity index (χ1n) is 3.49. The van der Waals surface area contributed by atoms with E-state index in [1.165, 1.54) is 0 Å². The molecule has 0 radical (unpaired) electrons. The van der Waals surface area contributed by atoms with Gasteiger partial charge in [0.1, 0.15) is 0 Å². The van der Waals surface area contributed by atoms with Crippen LogP contribution in [-0.4, -0.2) is 19.1 Å². The van der Waals surface area contributed by atoms with Crippen LogP contribution in [0.4, 0.5) is 0 Å². The molecule has 4 N–H and O–H groups in total. The second kappa shape index (κ2) is 6.01. The molecule has 1 unspecified atom stereocenters. The van der Waals surface area contributed by atoms with Crippen molar-refractivity contribution in [3.05, 3.63) is 0 Å². The fourth-order valence-electron chi connectivity index (χ4n) is 0.598. The molecule has 0 aliphatic heterocycles. The highest BCUT2D eigenvalue weighted by atomic mass is 15.4. The van der Waals surface area contributed by atoms with Crippen molar-refractivity contribution in [2.75, 3.05) is 13.1 Å². The number of hydrazine groups is 1. The summed E-state index contributed by atoms with van der Waals surface area (Å²) in [7, 11) is 0. The molecule has 0 aromatic rings. The Balaban J connectivity index is 2.95. The van der Waals surface area contributed by atoms with Gasteiger partial charge in [0.05, 0.1) is 0 Å². The van der Waals surface area contributed by atoms with Crippen LogP contribution in [0.2, 0.25) is 0 Å². The van der Waals surface area contributed by atoms with Crippen LogP contribution in [0.1, 0.15) is 20.3 Å². The molecule has 0 heterocycles. The smallest absolute Gasteiger partial charge is 0.0196 e. The normalized spacial score (nSPS) is 13.7. The van der Waals surface area contributed by atoms with Gasteiger partial charge in [0.25, 0.3) is 0 Å². The van der Waals surface area contributed by atoms with Gasteiger partial charge in [-0.05, 0) is 19.9 Å². The quantitative estimate of drug-likeness (QED) is 0.454. The number of nitrogens with one attached hydrogen (secondary N) is 2. The Morgan fingerprint density at radius 2 is 2.22 bits per heavy atom. The largest absolute Gasteiger partial charge is 0.330 e. The third-order valence-electron chi connectivity index (χ3n) is 1.12. The minimum absolute atomic E-state index is 0.481. The first-order chi connectivity index (χ1) is 4.31. The molecule has 0 aromatic heterocycles. The van der Waals surface area contributed by atoms with Crippen molar-refractivity contribution in [2.45, 2.75) is 26.3 Å². The fourth-order valence-corrected chi connectivity index (χ4v) is 0.598. The molecule has 0 aliphatic carbocycles. The summed E-state index contributed by atoms with van der Waals surface area (Å²) >= 11 is 0. The average molecular weight is 131 g/mol. The standard InChI is InChI=1S/C6H17N3/c1-3-8-9-6(2)4-5-7/h6,8-9H,3-5,7H2,1-2H3. The zero-order valence-corrected chi connectivity index (χ0v) is 6.28. The number of hydrogen-bond acceptors (Lipinski definition) is 3. The summed E-state index contributed by atoms with van der Waals surface area (Å²) in [5.41, 5.74) is 11.5. The lowest BCUT2D eigenvalue weighted by Gasteiger charge is -2.11. The first kappa shape index (κ1) is 8.88. The van der Waals surface area contributed by atoms with Gasteiger partial charge in [0.2, 0.25) is 0 Å². The van der Waals surface area contributed by atoms with Crippen LogP contribution in [0, 0.1) is 0 Å². The molecular formula is C6H17N3. The molecule has 0 fully saturated rings. The van der Waals surface area contributed by atoms with Crippen LogP contribution in [0.15, 0.2) is 0 Å². The summed E-state index contributed by atoms with van der Waals surface area (Å²) < 4.78 is 0. The van der Waals surface area contributed by atoms with Crippen LogP contribution in [-0.2, 0) is 0 Å². The Kier molecular flexibility index (Phi) is 5.93. The van der Waals surface area contributed by atoms with Gasteiger partial charge in [-0.2, -0.15) is 0 Å². The second-order valence-electron chi connectivity index (χ2n) is 2.15. The van der Waals surface area contributed by atoms with Crippen molar-refractivity contribution in [1.82, 2.24) is 10.9 Å². The molecule has 0 amide bonds. The topological polar surface area (TPSA) is 50.1 Å². The number of hydrogen-bond donors (Lipinski definition) is 3. The Morgan fingerprint density at radius 1 is 1.56 bits per heavy atom. The average Bonchev–Trinajstić information content (AvgIpc) is 1.85. The molecular weight excluding hydrogens is 114 g/mol. The van der Waals surface area contributed by atoms with Gasteiger partial charge in [-0.25, -0.2) is 0 Å². The van der Waals surface area contributed by atoms with Crippen LogP contribution in [0.25, 0.3) is 0 Å². The Labute approximate surface area is 57.0 Å². The first-order valence-corrected chi connectivity index (χ1v) is 3.49. The summed E-state index contributed by atoms with van der Waals surface area (Å²) in [6, 6.07) is 0.481. The van der Waals surface area contributed by atoms with Crippen molar-refractivity contribution in [3.63, 3.8) is 0 Å². The lowest BCUT2D eigenvalue weighted by molar-refractivity contribution is 0.444. The van der Waals surface area contributed by atoms with Gasteiger partial charge in [0, 0.05) is 12.6 Å². The van der Waals surface area contributed by atoms with E-state index in [4.69, 9.17) is 5.73 Å². The second-order valence-corrected chi connectivity index (χ2v) is 2.15. The lowest BCUT2D eigenvalue weighted by Crippen LogP contribution is -2.39. The maximum absolute atomic E-state index is 5.33. The molecule has 3 heteroatoms. The predicted molar refractivity (Wildman–Crippen MR) is 39.9 cm³/mol. The lowest BCUT2D eigenvalue weighted by atomic mass is 10.2. The molecule has 9 heavy (non-hydrogen) atoms. The van der Waals surface area contributed by atoms with E-state index in [0.717, 1.165) is 19.5 Å². The molecule has 56 valence electrons. The predicted octanol–water partition coefficient (Wildman–Crippen LogP) is -0.162. The minimum atomic E-state index is 0.481. The highest BCUT2D eigenvalue weighted by molar-refractivity contribution is 4.55. The van der Waals surface area contributed by atoms with Crippen molar-refractivity contribution >= 4 is 0 Å². The van der Waals surface area contributed by atoms with E-state index in [1.54, 1.807) is 0 Å². The van der Waals surface area contributed by atoms with Crippen molar-refractivity contribution in [3.8, 4) is 0 Å². The highest BCUT2D eigenvalue weighted by Gasteiger charge is 1.95. The molecule has 0 aromatic carbocycles. The van der Waals surface area contributed by atoms with Crippen LogP contribution in [0.5, 0.6) is 0 Å². The molecule has 0 rings (SSSR count). The van der Waals surface area contributed by atoms with Gasteiger partial charge < -0.3 is 5.73 Å². The summed E-state index contributed by atoms with van der Waals surface area (Å²) in [5.74, 6) is 0. The van der Waals surface area contributed by atoms with Crippen molar-refractivity contribution in [1.29, 1.82) is 0 Å². The van der Waals surface area contributed by atoms with Gasteiger partial charge in [-0.1, -0.05) is 6.92 Å². The van der Waals surface area contributed by atoms with Crippen LogP contribution < -0.4 is 16.6 Å². The summed E-state index contributed by atoms with van der Waals surface area (Å²) in [4.78, 5) is 0. The highest BCUT2D eigenvalue weighted by Crippen LogP contribution is 1.82. The Hall–Kier alpha value is -0.120. The summed E-state index contributed by atoms with van der Waals surface area (Å²) in [5, 5.41) is 0. The zero-order chi connectivity index (χ0) is 7.11. The third kappa shape index (κ3) is 5.76. The molecule has 1 atom stereocenters. The molecule has 0 aliphatic rings. The Bertz CT molecular complexity index is 56.3. The molecule has 0 bridgehead atoms. The molecule has 0 saturated heterocycles. The summed E-state index contributed by atoms with van der Waals surface area (Å²) in [6.45, 7) is 5.87. The van der Waals surface area contributed by atoms with Gasteiger partial charge in [0.15, 0.2) is 0 Å². The van der Waals surface area contributed by atoms with Crippen molar-refractivity contribution < 1.29 is 0 Å². The molecule has 0 spiro atoms. The zero-order valence-electron chi connectivity index (χ0n) is 6.28. The van der Waals surface area contributed by atoms with E-state index >= 15 is 0 Å². The van der Waals surface area contributed by atoms with Crippen LogP contribution >= 0.6 is 0 Å². The third-order valence-corrected chi connectivity index (χ3v) is 1.12. The van der Waals surface area contributed by atoms with E-state index < -0.39 is 0 Å². The van der Waals surface area contributed by atoms with Crippen molar-refractivity contribution in [2.24, 2.45) is 5.73 Å². The maximum Gasteiger partial charge on any atom is 0.0196 e. The van der Waals surface area contributed by atoms with E-state index in [-0.39, 0.29) is 0 Å². The van der Waals surface area contributed by atoms with Crippen LogP contribution in [0.3, 0.4) is 0 Å². The SMILES string of the molecule is CCNNC(C)CCN. The Morgan fingerprint density at radius 3 is 2.67 bits per heavy atom. The van der Waals surface area contributed by atoms with Gasteiger partial charge in [-0.15, -0.1) is 0 Å². The fraction of sp³-hybridized carbons (Fsp3) is 1.00. The number of nitrogens with two attached hydrogens (primary N) is 1. The monoisotopic (exact) mass is 131 g/mol. The van der Waals surface area contributed by atoms with E-state index in [2.05, 4.69) is 24.7 Å². The van der Waals surface area contributed by atoms with Gasteiger partial charge in [-0.3, -0.25) is 10.9 Å².